The fraction of sp³-hybridized carbons (Fsp3) is 0.333. The lowest BCUT2D eigenvalue weighted by Crippen LogP contribution is -2.30. The van der Waals surface area contributed by atoms with Crippen molar-refractivity contribution >= 4 is 12.6 Å². The molecular weight excluding hydrogens is 218 g/mol. The average molecular weight is 230 g/mol. The van der Waals surface area contributed by atoms with Crippen LogP contribution in [0.3, 0.4) is 0 Å². The number of hydrogen-bond donors (Lipinski definition) is 2. The third-order valence-electron chi connectivity index (χ3n) is 1.87. The van der Waals surface area contributed by atoms with Gasteiger partial charge in [-0.25, -0.2) is 4.39 Å². The van der Waals surface area contributed by atoms with Crippen LogP contribution in [0, 0.1) is 5.82 Å². The standard InChI is InChI=1S/C9H12BFO5/c1-14-5-16-9-7(11)3-6(10(12)13)4-8(9)15-2/h3-4,12-13H,5H2,1-2H3. The average Bonchev–Trinajstić information content (AvgIpc) is 2.26. The van der Waals surface area contributed by atoms with Crippen molar-refractivity contribution in [2.45, 2.75) is 0 Å². The van der Waals surface area contributed by atoms with Gasteiger partial charge in [-0.2, -0.15) is 0 Å². The van der Waals surface area contributed by atoms with Gasteiger partial charge >= 0.3 is 7.12 Å². The summed E-state index contributed by atoms with van der Waals surface area (Å²) in [4.78, 5) is 0. The maximum atomic E-state index is 13.5. The molecule has 0 saturated carbocycles. The molecule has 0 atom stereocenters. The molecule has 0 bridgehead atoms. The van der Waals surface area contributed by atoms with Crippen molar-refractivity contribution < 1.29 is 28.6 Å². The quantitative estimate of drug-likeness (QED) is 0.527. The van der Waals surface area contributed by atoms with Gasteiger partial charge in [0.15, 0.2) is 24.1 Å². The van der Waals surface area contributed by atoms with Gasteiger partial charge in [0.05, 0.1) is 7.11 Å². The molecule has 7 heteroatoms. The molecule has 2 N–H and O–H groups in total. The SMILES string of the molecule is COCOc1c(F)cc(B(O)O)cc1OC. The maximum Gasteiger partial charge on any atom is 0.488 e. The van der Waals surface area contributed by atoms with Crippen LogP contribution in [0.2, 0.25) is 0 Å². The van der Waals surface area contributed by atoms with E-state index in [1.54, 1.807) is 0 Å². The molecule has 0 aromatic heterocycles. The Balaban J connectivity index is 3.07. The van der Waals surface area contributed by atoms with E-state index in [0.29, 0.717) is 0 Å². The van der Waals surface area contributed by atoms with Crippen LogP contribution >= 0.6 is 0 Å². The minimum atomic E-state index is -1.76. The molecule has 0 spiro atoms. The first-order valence-electron chi connectivity index (χ1n) is 4.45. The predicted octanol–water partition coefficient (Wildman–Crippen LogP) is -0.503. The zero-order valence-corrected chi connectivity index (χ0v) is 8.94. The second-order valence-electron chi connectivity index (χ2n) is 2.96. The van der Waals surface area contributed by atoms with Gasteiger partial charge in [0.1, 0.15) is 0 Å². The minimum Gasteiger partial charge on any atom is -0.493 e. The van der Waals surface area contributed by atoms with E-state index in [2.05, 4.69) is 4.74 Å². The molecule has 1 aromatic rings. The summed E-state index contributed by atoms with van der Waals surface area (Å²) in [5.74, 6) is -0.812. The molecular formula is C9H12BFO5. The number of ether oxygens (including phenoxy) is 3. The summed E-state index contributed by atoms with van der Waals surface area (Å²) < 4.78 is 28.0. The van der Waals surface area contributed by atoms with E-state index >= 15 is 0 Å². The fourth-order valence-corrected chi connectivity index (χ4v) is 1.15. The van der Waals surface area contributed by atoms with Gasteiger partial charge in [-0.3, -0.25) is 0 Å². The molecule has 0 amide bonds. The van der Waals surface area contributed by atoms with E-state index < -0.39 is 12.9 Å². The lowest BCUT2D eigenvalue weighted by Gasteiger charge is -2.12. The zero-order valence-electron chi connectivity index (χ0n) is 8.94. The van der Waals surface area contributed by atoms with Crippen molar-refractivity contribution in [3.05, 3.63) is 17.9 Å². The topological polar surface area (TPSA) is 68.2 Å². The van der Waals surface area contributed by atoms with Crippen molar-refractivity contribution in [2.24, 2.45) is 0 Å². The first kappa shape index (κ1) is 12.8. The fourth-order valence-electron chi connectivity index (χ4n) is 1.15. The minimum absolute atomic E-state index is 0.0147. The molecule has 1 aromatic carbocycles. The lowest BCUT2D eigenvalue weighted by molar-refractivity contribution is 0.0462. The Morgan fingerprint density at radius 3 is 2.50 bits per heavy atom. The zero-order chi connectivity index (χ0) is 12.1. The van der Waals surface area contributed by atoms with Gasteiger partial charge in [0.25, 0.3) is 0 Å². The van der Waals surface area contributed by atoms with Crippen molar-refractivity contribution in [1.29, 1.82) is 0 Å². The number of methoxy groups -OCH3 is 2. The van der Waals surface area contributed by atoms with Gasteiger partial charge in [0.2, 0.25) is 0 Å². The molecule has 0 unspecified atom stereocenters. The highest BCUT2D eigenvalue weighted by Gasteiger charge is 2.19. The van der Waals surface area contributed by atoms with Crippen LogP contribution in [0.25, 0.3) is 0 Å². The van der Waals surface area contributed by atoms with E-state index in [4.69, 9.17) is 19.5 Å². The van der Waals surface area contributed by atoms with Gasteiger partial charge in [-0.05, 0) is 17.6 Å². The Kier molecular flexibility index (Phi) is 4.54. The normalized spacial score (nSPS) is 10.1. The molecule has 16 heavy (non-hydrogen) atoms. The Hall–Kier alpha value is -1.31. The van der Waals surface area contributed by atoms with Crippen molar-refractivity contribution in [3.63, 3.8) is 0 Å². The molecule has 0 aliphatic rings. The van der Waals surface area contributed by atoms with E-state index in [-0.39, 0.29) is 23.8 Å². The molecule has 5 nitrogen and oxygen atoms in total. The smallest absolute Gasteiger partial charge is 0.488 e. The first-order valence-corrected chi connectivity index (χ1v) is 4.45. The summed E-state index contributed by atoms with van der Waals surface area (Å²) in [7, 11) is 0.956. The first-order chi connectivity index (χ1) is 7.60. The largest absolute Gasteiger partial charge is 0.493 e. The van der Waals surface area contributed by atoms with Crippen LogP contribution in [-0.4, -0.2) is 38.2 Å². The third-order valence-corrected chi connectivity index (χ3v) is 1.87. The summed E-state index contributed by atoms with van der Waals surface area (Å²) in [6, 6.07) is 2.23. The Labute approximate surface area is 92.5 Å². The summed E-state index contributed by atoms with van der Waals surface area (Å²) in [5.41, 5.74) is -0.0147. The van der Waals surface area contributed by atoms with E-state index in [1.807, 2.05) is 0 Å². The van der Waals surface area contributed by atoms with Crippen LogP contribution in [0.1, 0.15) is 0 Å². The highest BCUT2D eigenvalue weighted by atomic mass is 19.1. The van der Waals surface area contributed by atoms with Crippen molar-refractivity contribution in [3.8, 4) is 11.5 Å². The van der Waals surface area contributed by atoms with Crippen LogP contribution in [0.4, 0.5) is 4.39 Å². The third kappa shape index (κ3) is 2.85. The predicted molar refractivity (Wildman–Crippen MR) is 55.3 cm³/mol. The number of rotatable bonds is 5. The molecule has 0 radical (unpaired) electrons. The van der Waals surface area contributed by atoms with Crippen LogP contribution in [0.5, 0.6) is 11.5 Å². The van der Waals surface area contributed by atoms with Crippen molar-refractivity contribution in [2.75, 3.05) is 21.0 Å². The van der Waals surface area contributed by atoms with Gasteiger partial charge < -0.3 is 24.3 Å². The highest BCUT2D eigenvalue weighted by Crippen LogP contribution is 2.28. The van der Waals surface area contributed by atoms with Crippen LogP contribution in [-0.2, 0) is 4.74 Å². The van der Waals surface area contributed by atoms with Gasteiger partial charge in [0, 0.05) is 7.11 Å². The van der Waals surface area contributed by atoms with Crippen molar-refractivity contribution in [1.82, 2.24) is 0 Å². The molecule has 0 heterocycles. The highest BCUT2D eigenvalue weighted by molar-refractivity contribution is 6.58. The molecule has 0 saturated heterocycles. The second kappa shape index (κ2) is 5.69. The molecule has 1 rings (SSSR count). The molecule has 0 aliphatic heterocycles. The second-order valence-corrected chi connectivity index (χ2v) is 2.96. The van der Waals surface area contributed by atoms with Crippen LogP contribution in [0.15, 0.2) is 12.1 Å². The number of hydrogen-bond acceptors (Lipinski definition) is 5. The van der Waals surface area contributed by atoms with E-state index in [9.17, 15) is 4.39 Å². The molecule has 0 fully saturated rings. The Morgan fingerprint density at radius 1 is 1.31 bits per heavy atom. The van der Waals surface area contributed by atoms with E-state index in [0.717, 1.165) is 6.07 Å². The summed E-state index contributed by atoms with van der Waals surface area (Å²) >= 11 is 0. The Morgan fingerprint density at radius 2 is 2.00 bits per heavy atom. The van der Waals surface area contributed by atoms with Gasteiger partial charge in [-0.15, -0.1) is 0 Å². The van der Waals surface area contributed by atoms with E-state index in [1.165, 1.54) is 20.3 Å². The molecule has 88 valence electrons. The Bertz CT molecular complexity index is 358. The monoisotopic (exact) mass is 230 g/mol. The molecule has 0 aliphatic carbocycles. The lowest BCUT2D eigenvalue weighted by atomic mass is 9.80. The van der Waals surface area contributed by atoms with Gasteiger partial charge in [-0.1, -0.05) is 0 Å². The summed E-state index contributed by atoms with van der Waals surface area (Å²) in [6.45, 7) is -0.131. The summed E-state index contributed by atoms with van der Waals surface area (Å²) in [5, 5.41) is 17.8. The maximum absolute atomic E-state index is 13.5. The number of halogens is 1. The summed E-state index contributed by atoms with van der Waals surface area (Å²) in [6.07, 6.45) is 0. The van der Waals surface area contributed by atoms with Crippen LogP contribution < -0.4 is 14.9 Å². The number of benzene rings is 1.